The van der Waals surface area contributed by atoms with Crippen molar-refractivity contribution in [3.63, 3.8) is 0 Å². The molecule has 2 rings (SSSR count). The van der Waals surface area contributed by atoms with Crippen LogP contribution in [0.1, 0.15) is 72.1 Å². The van der Waals surface area contributed by atoms with E-state index in [2.05, 4.69) is 25.7 Å². The standard InChI is InChI=1S/C16H31NO/c1-4-6-8-10-16(3,9-7-5-2)17-12-15-11-14(17)13-18-15/h14-15H,4-13H2,1-3H3/t14-,15-,16?/m0/s1. The molecule has 0 aromatic rings. The van der Waals surface area contributed by atoms with Gasteiger partial charge in [0.05, 0.1) is 12.7 Å². The van der Waals surface area contributed by atoms with E-state index in [1.807, 2.05) is 0 Å². The third-order valence-electron chi connectivity index (χ3n) is 4.98. The van der Waals surface area contributed by atoms with Gasteiger partial charge < -0.3 is 4.74 Å². The number of unbranched alkanes of at least 4 members (excludes halogenated alkanes) is 3. The number of rotatable bonds is 8. The molecule has 0 amide bonds. The molecule has 2 nitrogen and oxygen atoms in total. The lowest BCUT2D eigenvalue weighted by atomic mass is 9.86. The van der Waals surface area contributed by atoms with Gasteiger partial charge in [0.1, 0.15) is 0 Å². The van der Waals surface area contributed by atoms with E-state index in [9.17, 15) is 0 Å². The molecule has 2 heterocycles. The van der Waals surface area contributed by atoms with Crippen LogP contribution in [0.3, 0.4) is 0 Å². The summed E-state index contributed by atoms with van der Waals surface area (Å²) in [6.45, 7) is 9.30. The van der Waals surface area contributed by atoms with Crippen LogP contribution in [0.15, 0.2) is 0 Å². The van der Waals surface area contributed by atoms with Crippen LogP contribution in [0.2, 0.25) is 0 Å². The van der Waals surface area contributed by atoms with Crippen molar-refractivity contribution in [3.8, 4) is 0 Å². The van der Waals surface area contributed by atoms with Gasteiger partial charge in [0.2, 0.25) is 0 Å². The zero-order valence-corrected chi connectivity index (χ0v) is 12.6. The van der Waals surface area contributed by atoms with Crippen LogP contribution in [0.5, 0.6) is 0 Å². The van der Waals surface area contributed by atoms with Gasteiger partial charge in [-0.2, -0.15) is 0 Å². The summed E-state index contributed by atoms with van der Waals surface area (Å²) < 4.78 is 5.77. The van der Waals surface area contributed by atoms with E-state index in [1.54, 1.807) is 0 Å². The molecule has 0 aromatic carbocycles. The van der Waals surface area contributed by atoms with Crippen LogP contribution < -0.4 is 0 Å². The highest BCUT2D eigenvalue weighted by molar-refractivity contribution is 5.00. The minimum atomic E-state index is 0.439. The fraction of sp³-hybridized carbons (Fsp3) is 1.00. The first-order valence-electron chi connectivity index (χ1n) is 8.08. The van der Waals surface area contributed by atoms with Gasteiger partial charge in [-0.3, -0.25) is 4.90 Å². The minimum absolute atomic E-state index is 0.439. The average Bonchev–Trinajstić information content (AvgIpc) is 2.99. The van der Waals surface area contributed by atoms with E-state index in [-0.39, 0.29) is 0 Å². The molecule has 106 valence electrons. The average molecular weight is 253 g/mol. The summed E-state index contributed by atoms with van der Waals surface area (Å²) in [6.07, 6.45) is 11.4. The van der Waals surface area contributed by atoms with Crippen LogP contribution in [-0.2, 0) is 4.74 Å². The Kier molecular flexibility index (Phi) is 5.08. The Morgan fingerprint density at radius 1 is 1.11 bits per heavy atom. The first-order valence-corrected chi connectivity index (χ1v) is 8.08. The fourth-order valence-corrected chi connectivity index (χ4v) is 3.79. The van der Waals surface area contributed by atoms with Crippen molar-refractivity contribution in [2.45, 2.75) is 89.8 Å². The van der Waals surface area contributed by atoms with Crippen molar-refractivity contribution in [1.29, 1.82) is 0 Å². The van der Waals surface area contributed by atoms with Crippen LogP contribution in [-0.4, -0.2) is 35.7 Å². The Bertz CT molecular complexity index is 255. The lowest BCUT2D eigenvalue weighted by Crippen LogP contribution is -2.52. The summed E-state index contributed by atoms with van der Waals surface area (Å²) in [5.74, 6) is 0. The van der Waals surface area contributed by atoms with E-state index >= 15 is 0 Å². The number of nitrogens with zero attached hydrogens (tertiary/aromatic N) is 1. The molecule has 2 aliphatic heterocycles. The van der Waals surface area contributed by atoms with E-state index in [4.69, 9.17) is 4.74 Å². The highest BCUT2D eigenvalue weighted by Gasteiger charge is 2.46. The second-order valence-electron chi connectivity index (χ2n) is 6.55. The van der Waals surface area contributed by atoms with Crippen LogP contribution >= 0.6 is 0 Å². The quantitative estimate of drug-likeness (QED) is 0.606. The molecule has 2 bridgehead atoms. The topological polar surface area (TPSA) is 12.5 Å². The lowest BCUT2D eigenvalue weighted by Gasteiger charge is -2.44. The van der Waals surface area contributed by atoms with Crippen molar-refractivity contribution in [2.24, 2.45) is 0 Å². The van der Waals surface area contributed by atoms with E-state index < -0.39 is 0 Å². The number of hydrogen-bond acceptors (Lipinski definition) is 2. The molecule has 0 spiro atoms. The van der Waals surface area contributed by atoms with Crippen LogP contribution in [0.4, 0.5) is 0 Å². The predicted octanol–water partition coefficient (Wildman–Crippen LogP) is 3.99. The summed E-state index contributed by atoms with van der Waals surface area (Å²) in [4.78, 5) is 2.80. The van der Waals surface area contributed by atoms with E-state index in [0.717, 1.165) is 12.6 Å². The third-order valence-corrected chi connectivity index (χ3v) is 4.98. The van der Waals surface area contributed by atoms with Crippen molar-refractivity contribution in [1.82, 2.24) is 4.90 Å². The first-order chi connectivity index (χ1) is 8.69. The molecule has 3 atom stereocenters. The molecule has 0 saturated carbocycles. The number of likely N-dealkylation sites (tertiary alicyclic amines) is 1. The zero-order valence-electron chi connectivity index (χ0n) is 12.6. The molecule has 18 heavy (non-hydrogen) atoms. The Hall–Kier alpha value is -0.0800. The van der Waals surface area contributed by atoms with Gasteiger partial charge in [0, 0.05) is 18.1 Å². The van der Waals surface area contributed by atoms with Crippen molar-refractivity contribution < 1.29 is 4.74 Å². The van der Waals surface area contributed by atoms with Gasteiger partial charge >= 0.3 is 0 Å². The summed E-state index contributed by atoms with van der Waals surface area (Å²) >= 11 is 0. The second kappa shape index (κ2) is 6.38. The van der Waals surface area contributed by atoms with Gasteiger partial charge in [-0.25, -0.2) is 0 Å². The van der Waals surface area contributed by atoms with Gasteiger partial charge in [0.15, 0.2) is 0 Å². The summed E-state index contributed by atoms with van der Waals surface area (Å²) in [6, 6.07) is 0.721. The number of hydrogen-bond donors (Lipinski definition) is 0. The Balaban J connectivity index is 1.94. The van der Waals surface area contributed by atoms with Gasteiger partial charge in [-0.1, -0.05) is 46.0 Å². The maximum atomic E-state index is 5.77. The number of morpholine rings is 1. The maximum Gasteiger partial charge on any atom is 0.0718 e. The smallest absolute Gasteiger partial charge is 0.0718 e. The largest absolute Gasteiger partial charge is 0.375 e. The summed E-state index contributed by atoms with van der Waals surface area (Å²) in [5.41, 5.74) is 0.439. The number of ether oxygens (including phenoxy) is 1. The van der Waals surface area contributed by atoms with Gasteiger partial charge in [-0.05, 0) is 26.2 Å². The van der Waals surface area contributed by atoms with Crippen molar-refractivity contribution in [3.05, 3.63) is 0 Å². The molecular formula is C16H31NO. The molecule has 0 radical (unpaired) electrons. The molecule has 0 N–H and O–H groups in total. The monoisotopic (exact) mass is 253 g/mol. The fourth-order valence-electron chi connectivity index (χ4n) is 3.79. The SMILES string of the molecule is CCCCCC(C)(CCCC)N1C[C@@H]2C[C@H]1CO2. The van der Waals surface area contributed by atoms with E-state index in [0.29, 0.717) is 11.6 Å². The highest BCUT2D eigenvalue weighted by atomic mass is 16.5. The van der Waals surface area contributed by atoms with Gasteiger partial charge in [0.25, 0.3) is 0 Å². The maximum absolute atomic E-state index is 5.77. The predicted molar refractivity (Wildman–Crippen MR) is 76.9 cm³/mol. The normalized spacial score (nSPS) is 30.8. The highest BCUT2D eigenvalue weighted by Crippen LogP contribution is 2.38. The Labute approximate surface area is 113 Å². The molecule has 2 aliphatic rings. The summed E-state index contributed by atoms with van der Waals surface area (Å²) in [5, 5.41) is 0. The second-order valence-corrected chi connectivity index (χ2v) is 6.55. The van der Waals surface area contributed by atoms with Gasteiger partial charge in [-0.15, -0.1) is 0 Å². The lowest BCUT2D eigenvalue weighted by molar-refractivity contribution is -0.0275. The van der Waals surface area contributed by atoms with E-state index in [1.165, 1.54) is 57.9 Å². The molecular weight excluding hydrogens is 222 g/mol. The molecule has 0 aromatic heterocycles. The van der Waals surface area contributed by atoms with Crippen LogP contribution in [0, 0.1) is 0 Å². The minimum Gasteiger partial charge on any atom is -0.375 e. The Morgan fingerprint density at radius 2 is 1.83 bits per heavy atom. The molecule has 0 aliphatic carbocycles. The third kappa shape index (κ3) is 3.08. The molecule has 2 heteroatoms. The van der Waals surface area contributed by atoms with Crippen LogP contribution in [0.25, 0.3) is 0 Å². The summed E-state index contributed by atoms with van der Waals surface area (Å²) in [7, 11) is 0. The Morgan fingerprint density at radius 3 is 2.39 bits per heavy atom. The first kappa shape index (κ1) is 14.3. The number of fused-ring (bicyclic) bond motifs is 2. The van der Waals surface area contributed by atoms with Crippen molar-refractivity contribution in [2.75, 3.05) is 13.2 Å². The molecule has 1 unspecified atom stereocenters. The zero-order chi connectivity index (χ0) is 13.0. The van der Waals surface area contributed by atoms with Crippen molar-refractivity contribution >= 4 is 0 Å². The molecule has 2 saturated heterocycles. The molecule has 2 fully saturated rings.